The second kappa shape index (κ2) is 6.34. The summed E-state index contributed by atoms with van der Waals surface area (Å²) in [4.78, 5) is 14.5. The van der Waals surface area contributed by atoms with E-state index in [9.17, 15) is 10.1 Å². The van der Waals surface area contributed by atoms with E-state index >= 15 is 0 Å². The number of aromatic nitrogens is 1. The van der Waals surface area contributed by atoms with Gasteiger partial charge in [-0.1, -0.05) is 0 Å². The number of rotatable bonds is 5. The summed E-state index contributed by atoms with van der Waals surface area (Å²) in [6.07, 6.45) is 1.60. The summed E-state index contributed by atoms with van der Waals surface area (Å²) in [6, 6.07) is 9.70. The molecule has 0 saturated heterocycles. The van der Waals surface area contributed by atoms with E-state index < -0.39 is 4.92 Å². The number of anilines is 1. The highest BCUT2D eigenvalue weighted by molar-refractivity contribution is 5.64. The molecule has 21 heavy (non-hydrogen) atoms. The van der Waals surface area contributed by atoms with Gasteiger partial charge in [0.15, 0.2) is 0 Å². The van der Waals surface area contributed by atoms with Gasteiger partial charge in [-0.15, -0.1) is 0 Å². The molecule has 0 saturated carbocycles. The van der Waals surface area contributed by atoms with Gasteiger partial charge in [0.1, 0.15) is 5.69 Å². The lowest BCUT2D eigenvalue weighted by molar-refractivity contribution is -0.384. The lowest BCUT2D eigenvalue weighted by atomic mass is 10.2. The van der Waals surface area contributed by atoms with Crippen LogP contribution in [0.1, 0.15) is 11.1 Å². The first-order valence-electron chi connectivity index (χ1n) is 6.05. The first kappa shape index (κ1) is 14.3. The van der Waals surface area contributed by atoms with Gasteiger partial charge in [-0.3, -0.25) is 10.1 Å². The van der Waals surface area contributed by atoms with Crippen LogP contribution in [0.15, 0.2) is 36.5 Å². The van der Waals surface area contributed by atoms with Gasteiger partial charge in [0.05, 0.1) is 23.7 Å². The van der Waals surface area contributed by atoms with Crippen molar-refractivity contribution in [2.24, 2.45) is 0 Å². The molecular formula is C14H12N4O3. The van der Waals surface area contributed by atoms with Crippen molar-refractivity contribution in [2.75, 3.05) is 12.4 Å². The Balaban J connectivity index is 2.19. The highest BCUT2D eigenvalue weighted by Crippen LogP contribution is 2.26. The Labute approximate surface area is 121 Å². The number of ether oxygens (including phenoxy) is 1. The van der Waals surface area contributed by atoms with Crippen molar-refractivity contribution in [2.45, 2.75) is 6.54 Å². The largest absolute Gasteiger partial charge is 0.481 e. The topological polar surface area (TPSA) is 101 Å². The molecule has 1 N–H and O–H groups in total. The molecule has 0 atom stereocenters. The SMILES string of the molecule is COc1cc(CNc2ccc(C#N)cc2[N+](=O)[O-])ccn1. The first-order valence-corrected chi connectivity index (χ1v) is 6.05. The maximum absolute atomic E-state index is 11.0. The number of nitro benzene ring substituents is 1. The molecule has 0 spiro atoms. The van der Waals surface area contributed by atoms with E-state index in [1.165, 1.54) is 25.3 Å². The third-order valence-electron chi connectivity index (χ3n) is 2.81. The molecule has 0 fully saturated rings. The minimum atomic E-state index is -0.518. The Hall–Kier alpha value is -3.14. The molecule has 0 unspecified atom stereocenters. The van der Waals surface area contributed by atoms with Crippen LogP contribution in [0, 0.1) is 21.4 Å². The van der Waals surface area contributed by atoms with Crippen LogP contribution in [-0.4, -0.2) is 17.0 Å². The third-order valence-corrected chi connectivity index (χ3v) is 2.81. The first-order chi connectivity index (χ1) is 10.1. The van der Waals surface area contributed by atoms with Crippen molar-refractivity contribution in [1.29, 1.82) is 5.26 Å². The standard InChI is InChI=1S/C14H12N4O3/c1-21-14-7-11(4-5-16-14)9-17-12-3-2-10(8-15)6-13(12)18(19)20/h2-7,17H,9H2,1H3. The van der Waals surface area contributed by atoms with E-state index in [1.54, 1.807) is 18.3 Å². The number of hydrogen-bond acceptors (Lipinski definition) is 6. The average Bonchev–Trinajstić information content (AvgIpc) is 2.52. The molecule has 106 valence electrons. The Kier molecular flexibility index (Phi) is 4.31. The third kappa shape index (κ3) is 3.45. The number of nitro groups is 1. The predicted octanol–water partition coefficient (Wildman–Crippen LogP) is 2.48. The van der Waals surface area contributed by atoms with Crippen LogP contribution in [0.4, 0.5) is 11.4 Å². The van der Waals surface area contributed by atoms with E-state index in [2.05, 4.69) is 10.3 Å². The van der Waals surface area contributed by atoms with E-state index in [0.717, 1.165) is 5.56 Å². The minimum Gasteiger partial charge on any atom is -0.481 e. The molecule has 1 aromatic heterocycles. The molecule has 0 bridgehead atoms. The predicted molar refractivity (Wildman–Crippen MR) is 75.9 cm³/mol. The average molecular weight is 284 g/mol. The molecule has 0 amide bonds. The number of methoxy groups -OCH3 is 1. The number of nitrogens with one attached hydrogen (secondary N) is 1. The second-order valence-corrected chi connectivity index (χ2v) is 4.16. The molecule has 7 heteroatoms. The molecule has 2 rings (SSSR count). The molecule has 1 aromatic carbocycles. The lowest BCUT2D eigenvalue weighted by Gasteiger charge is -2.08. The van der Waals surface area contributed by atoms with Gasteiger partial charge in [-0.05, 0) is 23.8 Å². The lowest BCUT2D eigenvalue weighted by Crippen LogP contribution is -2.03. The van der Waals surface area contributed by atoms with E-state index in [0.29, 0.717) is 18.1 Å². The van der Waals surface area contributed by atoms with Gasteiger partial charge >= 0.3 is 0 Å². The zero-order chi connectivity index (χ0) is 15.2. The van der Waals surface area contributed by atoms with Crippen LogP contribution in [-0.2, 0) is 6.54 Å². The molecule has 0 aliphatic heterocycles. The zero-order valence-electron chi connectivity index (χ0n) is 11.2. The van der Waals surface area contributed by atoms with Crippen LogP contribution in [0.25, 0.3) is 0 Å². The molecule has 0 aliphatic carbocycles. The van der Waals surface area contributed by atoms with Crippen molar-refractivity contribution in [3.63, 3.8) is 0 Å². The van der Waals surface area contributed by atoms with Gasteiger partial charge in [0.2, 0.25) is 5.88 Å². The number of hydrogen-bond donors (Lipinski definition) is 1. The van der Waals surface area contributed by atoms with E-state index in [4.69, 9.17) is 10.00 Å². The summed E-state index contributed by atoms with van der Waals surface area (Å²) in [6.45, 7) is 0.381. The molecular weight excluding hydrogens is 272 g/mol. The maximum Gasteiger partial charge on any atom is 0.293 e. The monoisotopic (exact) mass is 284 g/mol. The quantitative estimate of drug-likeness (QED) is 0.668. The van der Waals surface area contributed by atoms with E-state index in [1.807, 2.05) is 6.07 Å². The molecule has 0 aliphatic rings. The second-order valence-electron chi connectivity index (χ2n) is 4.16. The van der Waals surface area contributed by atoms with Gasteiger partial charge < -0.3 is 10.1 Å². The summed E-state index contributed by atoms with van der Waals surface area (Å²) >= 11 is 0. The number of nitrogens with zero attached hydrogens (tertiary/aromatic N) is 3. The number of pyridine rings is 1. The maximum atomic E-state index is 11.0. The Morgan fingerprint density at radius 3 is 2.90 bits per heavy atom. The van der Waals surface area contributed by atoms with Gasteiger partial charge in [-0.2, -0.15) is 5.26 Å². The van der Waals surface area contributed by atoms with Crippen molar-refractivity contribution in [1.82, 2.24) is 4.98 Å². The van der Waals surface area contributed by atoms with Crippen LogP contribution in [0.5, 0.6) is 5.88 Å². The number of benzene rings is 1. The Morgan fingerprint density at radius 2 is 2.24 bits per heavy atom. The summed E-state index contributed by atoms with van der Waals surface area (Å²) in [5.74, 6) is 0.476. The van der Waals surface area contributed by atoms with E-state index in [-0.39, 0.29) is 11.3 Å². The highest BCUT2D eigenvalue weighted by Gasteiger charge is 2.14. The summed E-state index contributed by atoms with van der Waals surface area (Å²) in [5, 5.41) is 22.8. The summed E-state index contributed by atoms with van der Waals surface area (Å²) < 4.78 is 5.02. The molecule has 2 aromatic rings. The normalized spacial score (nSPS) is 9.71. The number of nitriles is 1. The highest BCUT2D eigenvalue weighted by atomic mass is 16.6. The summed E-state index contributed by atoms with van der Waals surface area (Å²) in [7, 11) is 1.52. The van der Waals surface area contributed by atoms with Gasteiger partial charge in [0, 0.05) is 24.9 Å². The van der Waals surface area contributed by atoms with Gasteiger partial charge in [-0.25, -0.2) is 4.98 Å². The van der Waals surface area contributed by atoms with Crippen LogP contribution >= 0.6 is 0 Å². The van der Waals surface area contributed by atoms with Gasteiger partial charge in [0.25, 0.3) is 5.69 Å². The van der Waals surface area contributed by atoms with Crippen LogP contribution in [0.3, 0.4) is 0 Å². The molecule has 0 radical (unpaired) electrons. The fraction of sp³-hybridized carbons (Fsp3) is 0.143. The zero-order valence-corrected chi connectivity index (χ0v) is 11.2. The van der Waals surface area contributed by atoms with Crippen molar-refractivity contribution in [3.05, 3.63) is 57.8 Å². The molecule has 1 heterocycles. The molecule has 7 nitrogen and oxygen atoms in total. The smallest absolute Gasteiger partial charge is 0.293 e. The van der Waals surface area contributed by atoms with Crippen molar-refractivity contribution >= 4 is 11.4 Å². The summed E-state index contributed by atoms with van der Waals surface area (Å²) in [5.41, 5.74) is 1.35. The van der Waals surface area contributed by atoms with Crippen molar-refractivity contribution in [3.8, 4) is 11.9 Å². The van der Waals surface area contributed by atoms with Crippen molar-refractivity contribution < 1.29 is 9.66 Å². The Bertz CT molecular complexity index is 710. The fourth-order valence-electron chi connectivity index (χ4n) is 1.77. The van der Waals surface area contributed by atoms with Crippen LogP contribution < -0.4 is 10.1 Å². The van der Waals surface area contributed by atoms with Crippen LogP contribution in [0.2, 0.25) is 0 Å². The Morgan fingerprint density at radius 1 is 1.43 bits per heavy atom. The minimum absolute atomic E-state index is 0.130. The fourth-order valence-corrected chi connectivity index (χ4v) is 1.77.